The molecule has 0 N–H and O–H groups in total. The molecular weight excluding hydrogens is 346 g/mol. The lowest BCUT2D eigenvalue weighted by molar-refractivity contribution is 0.550. The van der Waals surface area contributed by atoms with Crippen molar-refractivity contribution >= 4 is 36.1 Å². The maximum absolute atomic E-state index is 5.56. The summed E-state index contributed by atoms with van der Waals surface area (Å²) in [5.41, 5.74) is 7.35. The molecule has 0 radical (unpaired) electrons. The molecule has 0 aliphatic heterocycles. The molecule has 0 atom stereocenters. The third kappa shape index (κ3) is 4.07. The van der Waals surface area contributed by atoms with Crippen LogP contribution in [0, 0.1) is 13.8 Å². The predicted molar refractivity (Wildman–Crippen MR) is 120 cm³/mol. The summed E-state index contributed by atoms with van der Waals surface area (Å²) < 4.78 is 5.56. The van der Waals surface area contributed by atoms with Gasteiger partial charge in [-0.15, -0.1) is 0 Å². The number of hydrogen-bond donors (Lipinski definition) is 0. The quantitative estimate of drug-likeness (QED) is 0.558. The standard InChI is InChI=1S/C24H23N3O/c1-7-19-8-9-20(28-19)14-26-22-11-18(5)24(13-16(22)3)27-23-12-15(2)21(25-6)10-17(23)4/h7-14H,1,5-6H2,2-4H3. The van der Waals surface area contributed by atoms with Gasteiger partial charge >= 0.3 is 0 Å². The molecule has 1 aromatic heterocycles. The van der Waals surface area contributed by atoms with E-state index in [0.717, 1.165) is 45.1 Å². The van der Waals surface area contributed by atoms with E-state index in [2.05, 4.69) is 29.9 Å². The van der Waals surface area contributed by atoms with Gasteiger partial charge in [-0.1, -0.05) is 13.2 Å². The number of rotatable bonds is 5. The van der Waals surface area contributed by atoms with Gasteiger partial charge in [-0.3, -0.25) is 9.98 Å². The van der Waals surface area contributed by atoms with Crippen LogP contribution in [0.4, 0.5) is 11.4 Å². The van der Waals surface area contributed by atoms with Crippen LogP contribution in [0.25, 0.3) is 6.08 Å². The number of aryl methyl sites for hydroxylation is 2. The molecule has 1 aliphatic carbocycles. The van der Waals surface area contributed by atoms with E-state index in [1.54, 1.807) is 12.3 Å². The molecule has 4 nitrogen and oxygen atoms in total. The second-order valence-electron chi connectivity index (χ2n) is 6.66. The van der Waals surface area contributed by atoms with E-state index in [1.165, 1.54) is 0 Å². The topological polar surface area (TPSA) is 50.2 Å². The Morgan fingerprint density at radius 3 is 2.32 bits per heavy atom. The van der Waals surface area contributed by atoms with E-state index in [1.807, 2.05) is 57.2 Å². The third-order valence-electron chi connectivity index (χ3n) is 4.50. The third-order valence-corrected chi connectivity index (χ3v) is 4.50. The van der Waals surface area contributed by atoms with Crippen LogP contribution < -0.4 is 0 Å². The van der Waals surface area contributed by atoms with Crippen LogP contribution in [0.15, 0.2) is 85.8 Å². The Morgan fingerprint density at radius 1 is 0.964 bits per heavy atom. The summed E-state index contributed by atoms with van der Waals surface area (Å²) in [5.74, 6) is 1.39. The van der Waals surface area contributed by atoms with Gasteiger partial charge in [-0.2, -0.15) is 0 Å². The molecule has 0 saturated heterocycles. The first-order valence-corrected chi connectivity index (χ1v) is 8.94. The van der Waals surface area contributed by atoms with Gasteiger partial charge in [0.2, 0.25) is 0 Å². The maximum Gasteiger partial charge on any atom is 0.145 e. The van der Waals surface area contributed by atoms with Crippen molar-refractivity contribution in [1.29, 1.82) is 0 Å². The number of benzene rings is 1. The minimum atomic E-state index is 0.677. The summed E-state index contributed by atoms with van der Waals surface area (Å²) in [6.45, 7) is 17.5. The monoisotopic (exact) mass is 369 g/mol. The van der Waals surface area contributed by atoms with Crippen LogP contribution in [-0.4, -0.2) is 18.6 Å². The van der Waals surface area contributed by atoms with Crippen molar-refractivity contribution in [2.75, 3.05) is 0 Å². The molecular formula is C24H23N3O. The van der Waals surface area contributed by atoms with Gasteiger partial charge in [0.05, 0.1) is 29.0 Å². The summed E-state index contributed by atoms with van der Waals surface area (Å²) in [7, 11) is 0. The van der Waals surface area contributed by atoms with Gasteiger partial charge in [0, 0.05) is 0 Å². The van der Waals surface area contributed by atoms with E-state index < -0.39 is 0 Å². The Morgan fingerprint density at radius 2 is 1.64 bits per heavy atom. The van der Waals surface area contributed by atoms with Crippen LogP contribution in [0.5, 0.6) is 0 Å². The van der Waals surface area contributed by atoms with E-state index in [-0.39, 0.29) is 0 Å². The van der Waals surface area contributed by atoms with Crippen LogP contribution in [0.3, 0.4) is 0 Å². The highest BCUT2D eigenvalue weighted by Gasteiger charge is 2.12. The first kappa shape index (κ1) is 19.2. The van der Waals surface area contributed by atoms with Gasteiger partial charge in [-0.25, -0.2) is 4.99 Å². The average Bonchev–Trinajstić information content (AvgIpc) is 3.14. The van der Waals surface area contributed by atoms with Gasteiger partial charge in [0.25, 0.3) is 0 Å². The van der Waals surface area contributed by atoms with Gasteiger partial charge in [-0.05, 0) is 92.3 Å². The molecule has 0 amide bonds. The molecule has 4 heteroatoms. The summed E-state index contributed by atoms with van der Waals surface area (Å²) in [4.78, 5) is 13.4. The Labute approximate surface area is 165 Å². The van der Waals surface area contributed by atoms with Crippen LogP contribution in [0.2, 0.25) is 0 Å². The Bertz CT molecular complexity index is 1090. The van der Waals surface area contributed by atoms with Crippen molar-refractivity contribution in [1.82, 2.24) is 0 Å². The first-order chi connectivity index (χ1) is 13.4. The lowest BCUT2D eigenvalue weighted by atomic mass is 9.99. The minimum absolute atomic E-state index is 0.677. The molecule has 28 heavy (non-hydrogen) atoms. The zero-order chi connectivity index (χ0) is 20.3. The molecule has 1 heterocycles. The van der Waals surface area contributed by atoms with E-state index in [0.29, 0.717) is 11.5 Å². The summed E-state index contributed by atoms with van der Waals surface area (Å²) in [5, 5.41) is 0. The molecule has 0 bridgehead atoms. The zero-order valence-electron chi connectivity index (χ0n) is 16.5. The molecule has 0 unspecified atom stereocenters. The molecule has 2 aromatic rings. The summed E-state index contributed by atoms with van der Waals surface area (Å²) in [6.07, 6.45) is 7.29. The number of nitrogens with zero attached hydrogens (tertiary/aromatic N) is 3. The lowest BCUT2D eigenvalue weighted by Crippen LogP contribution is -2.04. The normalized spacial score (nSPS) is 15.7. The fourth-order valence-electron chi connectivity index (χ4n) is 2.85. The number of hydrogen-bond acceptors (Lipinski definition) is 4. The SMILES string of the molecule is C=Cc1ccc(C=NC2=CC(=C)C(=Nc3cc(C)c(N=C)cc3C)C=C2C)o1. The lowest BCUT2D eigenvalue weighted by Gasteiger charge is -2.14. The van der Waals surface area contributed by atoms with Crippen molar-refractivity contribution in [3.8, 4) is 0 Å². The minimum Gasteiger partial charge on any atom is -0.456 e. The Kier molecular flexibility index (Phi) is 5.50. The summed E-state index contributed by atoms with van der Waals surface area (Å²) in [6, 6.07) is 7.73. The predicted octanol–water partition coefficient (Wildman–Crippen LogP) is 6.46. The van der Waals surface area contributed by atoms with E-state index in [4.69, 9.17) is 9.41 Å². The largest absolute Gasteiger partial charge is 0.456 e. The first-order valence-electron chi connectivity index (χ1n) is 8.94. The highest BCUT2D eigenvalue weighted by molar-refractivity contribution is 6.13. The second kappa shape index (κ2) is 8.01. The highest BCUT2D eigenvalue weighted by atomic mass is 16.3. The molecule has 0 fully saturated rings. The molecule has 1 aromatic carbocycles. The van der Waals surface area contributed by atoms with Crippen molar-refractivity contribution in [3.63, 3.8) is 0 Å². The maximum atomic E-state index is 5.56. The number of furan rings is 1. The molecule has 0 saturated carbocycles. The molecule has 3 rings (SSSR count). The zero-order valence-corrected chi connectivity index (χ0v) is 16.5. The Hall–Kier alpha value is -3.53. The van der Waals surface area contributed by atoms with Crippen molar-refractivity contribution in [2.24, 2.45) is 15.0 Å². The van der Waals surface area contributed by atoms with E-state index in [9.17, 15) is 0 Å². The van der Waals surface area contributed by atoms with Gasteiger partial charge in [0.1, 0.15) is 11.5 Å². The van der Waals surface area contributed by atoms with Gasteiger partial charge < -0.3 is 4.42 Å². The Balaban J connectivity index is 1.87. The second-order valence-corrected chi connectivity index (χ2v) is 6.66. The number of allylic oxidation sites excluding steroid dienone is 4. The van der Waals surface area contributed by atoms with Crippen LogP contribution >= 0.6 is 0 Å². The van der Waals surface area contributed by atoms with Crippen molar-refractivity contribution in [3.05, 3.63) is 89.1 Å². The van der Waals surface area contributed by atoms with Gasteiger partial charge in [0.15, 0.2) is 0 Å². The average molecular weight is 369 g/mol. The van der Waals surface area contributed by atoms with Crippen molar-refractivity contribution < 1.29 is 4.42 Å². The molecule has 0 spiro atoms. The summed E-state index contributed by atoms with van der Waals surface area (Å²) >= 11 is 0. The van der Waals surface area contributed by atoms with Crippen LogP contribution in [-0.2, 0) is 0 Å². The highest BCUT2D eigenvalue weighted by Crippen LogP contribution is 2.30. The van der Waals surface area contributed by atoms with Crippen LogP contribution in [0.1, 0.15) is 29.6 Å². The number of aliphatic imine (C=N–C) groups is 3. The molecule has 1 aliphatic rings. The smallest absolute Gasteiger partial charge is 0.145 e. The van der Waals surface area contributed by atoms with E-state index >= 15 is 0 Å². The molecule has 140 valence electrons. The fourth-order valence-corrected chi connectivity index (χ4v) is 2.85. The van der Waals surface area contributed by atoms with Crippen molar-refractivity contribution in [2.45, 2.75) is 20.8 Å². The fraction of sp³-hybridized carbons (Fsp3) is 0.125.